The molecule has 2 aromatic rings. The van der Waals surface area contributed by atoms with Crippen LogP contribution in [0, 0.1) is 0 Å². The molecular formula is C10H12N4S. The molecule has 0 amide bonds. The lowest BCUT2D eigenvalue weighted by molar-refractivity contribution is 0.588. The summed E-state index contributed by atoms with van der Waals surface area (Å²) in [6.07, 6.45) is 3.68. The van der Waals surface area contributed by atoms with Crippen molar-refractivity contribution < 1.29 is 0 Å². The van der Waals surface area contributed by atoms with E-state index in [1.807, 2.05) is 12.3 Å². The third kappa shape index (κ3) is 1.68. The van der Waals surface area contributed by atoms with Gasteiger partial charge in [-0.25, -0.2) is 4.98 Å². The van der Waals surface area contributed by atoms with Crippen LogP contribution in [0.3, 0.4) is 0 Å². The van der Waals surface area contributed by atoms with E-state index in [0.717, 1.165) is 36.8 Å². The fourth-order valence-corrected chi connectivity index (χ4v) is 2.74. The van der Waals surface area contributed by atoms with Crippen LogP contribution in [0.2, 0.25) is 0 Å². The number of thiazole rings is 1. The molecule has 1 fully saturated rings. The predicted molar refractivity (Wildman–Crippen MR) is 62.5 cm³/mol. The van der Waals surface area contributed by atoms with E-state index >= 15 is 0 Å². The van der Waals surface area contributed by atoms with Gasteiger partial charge in [-0.15, -0.1) is 0 Å². The van der Waals surface area contributed by atoms with Crippen molar-refractivity contribution in [2.45, 2.75) is 0 Å². The van der Waals surface area contributed by atoms with Gasteiger partial charge in [-0.2, -0.15) is 0 Å². The van der Waals surface area contributed by atoms with E-state index in [2.05, 4.69) is 20.2 Å². The van der Waals surface area contributed by atoms with Gasteiger partial charge in [0.05, 0.1) is 10.2 Å². The highest BCUT2D eigenvalue weighted by Crippen LogP contribution is 2.27. The standard InChI is InChI=1S/C10H12N4S/c1-2-12-7-9-8(1)13-10(15-9)14-5-3-11-4-6-14/h1-2,7,11H,3-6H2. The molecule has 15 heavy (non-hydrogen) atoms. The van der Waals surface area contributed by atoms with Crippen LogP contribution in [0.5, 0.6) is 0 Å². The van der Waals surface area contributed by atoms with Crippen LogP contribution in [-0.2, 0) is 0 Å². The van der Waals surface area contributed by atoms with Crippen molar-refractivity contribution in [3.8, 4) is 0 Å². The van der Waals surface area contributed by atoms with E-state index in [4.69, 9.17) is 0 Å². The molecule has 3 rings (SSSR count). The van der Waals surface area contributed by atoms with Gasteiger partial charge in [0.2, 0.25) is 0 Å². The lowest BCUT2D eigenvalue weighted by Crippen LogP contribution is -2.43. The normalized spacial score (nSPS) is 17.2. The highest BCUT2D eigenvalue weighted by Gasteiger charge is 2.14. The maximum Gasteiger partial charge on any atom is 0.186 e. The molecular weight excluding hydrogens is 208 g/mol. The van der Waals surface area contributed by atoms with Gasteiger partial charge in [-0.05, 0) is 6.07 Å². The second kappa shape index (κ2) is 3.75. The van der Waals surface area contributed by atoms with Gasteiger partial charge in [0.15, 0.2) is 5.13 Å². The van der Waals surface area contributed by atoms with E-state index < -0.39 is 0 Å². The second-order valence-electron chi connectivity index (χ2n) is 3.58. The second-order valence-corrected chi connectivity index (χ2v) is 4.59. The summed E-state index contributed by atoms with van der Waals surface area (Å²) in [5.41, 5.74) is 1.06. The molecule has 0 unspecified atom stereocenters. The van der Waals surface area contributed by atoms with E-state index in [0.29, 0.717) is 0 Å². The minimum atomic E-state index is 1.05. The summed E-state index contributed by atoms with van der Waals surface area (Å²) in [6, 6.07) is 1.97. The molecule has 0 aliphatic carbocycles. The molecule has 4 nitrogen and oxygen atoms in total. The first-order valence-corrected chi connectivity index (χ1v) is 5.91. The Morgan fingerprint density at radius 2 is 2.20 bits per heavy atom. The third-order valence-electron chi connectivity index (χ3n) is 2.57. The average molecular weight is 220 g/mol. The molecule has 1 saturated heterocycles. The summed E-state index contributed by atoms with van der Waals surface area (Å²) >= 11 is 1.73. The molecule has 1 aliphatic rings. The summed E-state index contributed by atoms with van der Waals surface area (Å²) < 4.78 is 1.17. The van der Waals surface area contributed by atoms with Crippen LogP contribution in [0.1, 0.15) is 0 Å². The van der Waals surface area contributed by atoms with Gasteiger partial charge >= 0.3 is 0 Å². The lowest BCUT2D eigenvalue weighted by Gasteiger charge is -2.26. The number of nitrogens with one attached hydrogen (secondary N) is 1. The first-order chi connectivity index (χ1) is 7.43. The summed E-state index contributed by atoms with van der Waals surface area (Å²) in [6.45, 7) is 4.20. The van der Waals surface area contributed by atoms with Crippen molar-refractivity contribution in [2.24, 2.45) is 0 Å². The molecule has 1 aliphatic heterocycles. The highest BCUT2D eigenvalue weighted by molar-refractivity contribution is 7.22. The monoisotopic (exact) mass is 220 g/mol. The van der Waals surface area contributed by atoms with Crippen LogP contribution in [-0.4, -0.2) is 36.1 Å². The topological polar surface area (TPSA) is 41.1 Å². The lowest BCUT2D eigenvalue weighted by atomic mass is 10.4. The van der Waals surface area contributed by atoms with E-state index in [1.54, 1.807) is 17.5 Å². The van der Waals surface area contributed by atoms with Gasteiger partial charge in [0, 0.05) is 38.6 Å². The minimum absolute atomic E-state index is 1.05. The molecule has 78 valence electrons. The summed E-state index contributed by atoms with van der Waals surface area (Å²) in [7, 11) is 0. The van der Waals surface area contributed by atoms with Gasteiger partial charge < -0.3 is 10.2 Å². The Kier molecular flexibility index (Phi) is 2.26. The van der Waals surface area contributed by atoms with Crippen molar-refractivity contribution >= 4 is 26.7 Å². The van der Waals surface area contributed by atoms with Crippen LogP contribution in [0.25, 0.3) is 10.2 Å². The average Bonchev–Trinajstić information content (AvgIpc) is 2.74. The third-order valence-corrected chi connectivity index (χ3v) is 3.63. The number of piperazine rings is 1. The van der Waals surface area contributed by atoms with E-state index in [1.165, 1.54) is 4.70 Å². The predicted octanol–water partition coefficient (Wildman–Crippen LogP) is 1.10. The molecule has 5 heteroatoms. The number of pyridine rings is 1. The Hall–Kier alpha value is -1.20. The quantitative estimate of drug-likeness (QED) is 0.781. The Bertz CT molecular complexity index is 428. The maximum absolute atomic E-state index is 4.61. The fraction of sp³-hybridized carbons (Fsp3) is 0.400. The van der Waals surface area contributed by atoms with Gasteiger partial charge in [-0.3, -0.25) is 4.98 Å². The zero-order chi connectivity index (χ0) is 10.1. The molecule has 2 aromatic heterocycles. The summed E-state index contributed by atoms with van der Waals surface area (Å²) in [4.78, 5) is 11.1. The summed E-state index contributed by atoms with van der Waals surface area (Å²) in [5.74, 6) is 0. The Morgan fingerprint density at radius 1 is 1.33 bits per heavy atom. The molecule has 3 heterocycles. The van der Waals surface area contributed by atoms with Crippen LogP contribution >= 0.6 is 11.3 Å². The van der Waals surface area contributed by atoms with Gasteiger partial charge in [0.1, 0.15) is 0 Å². The van der Waals surface area contributed by atoms with Crippen molar-refractivity contribution in [2.75, 3.05) is 31.1 Å². The van der Waals surface area contributed by atoms with Crippen LogP contribution < -0.4 is 10.2 Å². The molecule has 0 aromatic carbocycles. The Balaban J connectivity index is 1.96. The van der Waals surface area contributed by atoms with Crippen molar-refractivity contribution in [1.82, 2.24) is 15.3 Å². The molecule has 1 N–H and O–H groups in total. The number of aromatic nitrogens is 2. The number of hydrogen-bond donors (Lipinski definition) is 1. The number of rotatable bonds is 1. The highest BCUT2D eigenvalue weighted by atomic mass is 32.1. The maximum atomic E-state index is 4.61. The van der Waals surface area contributed by atoms with E-state index in [9.17, 15) is 0 Å². The zero-order valence-electron chi connectivity index (χ0n) is 8.31. The molecule has 0 radical (unpaired) electrons. The largest absolute Gasteiger partial charge is 0.346 e. The Morgan fingerprint density at radius 3 is 3.00 bits per heavy atom. The van der Waals surface area contributed by atoms with E-state index in [-0.39, 0.29) is 0 Å². The fourth-order valence-electron chi connectivity index (χ4n) is 1.76. The van der Waals surface area contributed by atoms with Crippen LogP contribution in [0.15, 0.2) is 18.5 Å². The number of hydrogen-bond acceptors (Lipinski definition) is 5. The van der Waals surface area contributed by atoms with Crippen molar-refractivity contribution in [3.05, 3.63) is 18.5 Å². The number of nitrogens with zero attached hydrogens (tertiary/aromatic N) is 3. The molecule has 0 bridgehead atoms. The smallest absolute Gasteiger partial charge is 0.186 e. The van der Waals surface area contributed by atoms with Crippen LogP contribution in [0.4, 0.5) is 5.13 Å². The number of anilines is 1. The number of fused-ring (bicyclic) bond motifs is 1. The SMILES string of the molecule is c1cc2nc(N3CCNCC3)sc2cn1. The molecule has 0 atom stereocenters. The minimum Gasteiger partial charge on any atom is -0.346 e. The molecule has 0 saturated carbocycles. The van der Waals surface area contributed by atoms with Gasteiger partial charge in [-0.1, -0.05) is 11.3 Å². The zero-order valence-corrected chi connectivity index (χ0v) is 9.13. The summed E-state index contributed by atoms with van der Waals surface area (Å²) in [5, 5.41) is 4.47. The van der Waals surface area contributed by atoms with Crippen molar-refractivity contribution in [3.63, 3.8) is 0 Å². The first-order valence-electron chi connectivity index (χ1n) is 5.10. The molecule has 0 spiro atoms. The van der Waals surface area contributed by atoms with Crippen molar-refractivity contribution in [1.29, 1.82) is 0 Å². The first kappa shape index (κ1) is 9.06. The Labute approximate surface area is 92.0 Å². The van der Waals surface area contributed by atoms with Gasteiger partial charge in [0.25, 0.3) is 0 Å².